The molecule has 1 amide bonds. The second-order valence-electron chi connectivity index (χ2n) is 6.90. The van der Waals surface area contributed by atoms with E-state index < -0.39 is 5.82 Å². The van der Waals surface area contributed by atoms with Gasteiger partial charge in [0.2, 0.25) is 11.9 Å². The molecule has 1 aliphatic carbocycles. The van der Waals surface area contributed by atoms with E-state index in [0.717, 1.165) is 31.3 Å². The molecule has 0 aromatic carbocycles. The Morgan fingerprint density at radius 1 is 1.37 bits per heavy atom. The fourth-order valence-electron chi connectivity index (χ4n) is 3.80. The molecule has 0 spiro atoms. The van der Waals surface area contributed by atoms with Gasteiger partial charge in [-0.1, -0.05) is 17.7 Å². The van der Waals surface area contributed by atoms with Gasteiger partial charge >= 0.3 is 0 Å². The molecule has 4 rings (SSSR count). The number of amides is 1. The third-order valence-electron chi connectivity index (χ3n) is 5.23. The minimum atomic E-state index is -0.601. The Labute approximate surface area is 161 Å². The predicted molar refractivity (Wildman–Crippen MR) is 101 cm³/mol. The fourth-order valence-corrected chi connectivity index (χ4v) is 3.92. The van der Waals surface area contributed by atoms with Crippen LogP contribution < -0.4 is 10.2 Å². The Bertz CT molecular complexity index is 850. The van der Waals surface area contributed by atoms with Crippen LogP contribution in [-0.4, -0.2) is 40.5 Å². The molecule has 0 radical (unpaired) electrons. The lowest BCUT2D eigenvalue weighted by atomic mass is 10.2. The molecule has 2 aliphatic rings. The zero-order chi connectivity index (χ0) is 18.8. The van der Waals surface area contributed by atoms with Crippen LogP contribution in [-0.2, 0) is 4.79 Å². The number of piperidine rings is 1. The van der Waals surface area contributed by atoms with Crippen LogP contribution in [0, 0.1) is 23.6 Å². The van der Waals surface area contributed by atoms with E-state index in [1.165, 1.54) is 6.08 Å². The molecule has 1 N–H and O–H groups in total. The van der Waals surface area contributed by atoms with Crippen molar-refractivity contribution in [1.82, 2.24) is 20.3 Å². The van der Waals surface area contributed by atoms with Crippen LogP contribution >= 0.6 is 11.6 Å². The summed E-state index contributed by atoms with van der Waals surface area (Å²) in [5.74, 6) is 1.57. The summed E-state index contributed by atoms with van der Waals surface area (Å²) in [5, 5.41) is 2.79. The largest absolute Gasteiger partial charge is 0.353 e. The molecule has 27 heavy (non-hydrogen) atoms. The van der Waals surface area contributed by atoms with Gasteiger partial charge in [-0.2, -0.15) is 4.98 Å². The van der Waals surface area contributed by atoms with Crippen molar-refractivity contribution in [1.29, 1.82) is 0 Å². The molecule has 140 valence electrons. The highest BCUT2D eigenvalue weighted by atomic mass is 35.5. The SMILES string of the molecule is O=C(/C=C/c1cccnc1)NCCC1C2CN(c3ncc(F)c(Cl)n3)CC12. The highest BCUT2D eigenvalue weighted by molar-refractivity contribution is 6.29. The van der Waals surface area contributed by atoms with Gasteiger partial charge in [0.1, 0.15) is 0 Å². The second-order valence-corrected chi connectivity index (χ2v) is 7.26. The summed E-state index contributed by atoms with van der Waals surface area (Å²) in [7, 11) is 0. The maximum absolute atomic E-state index is 13.2. The van der Waals surface area contributed by atoms with Gasteiger partial charge in [0.25, 0.3) is 0 Å². The number of hydrogen-bond donors (Lipinski definition) is 1. The van der Waals surface area contributed by atoms with E-state index in [1.54, 1.807) is 18.5 Å². The van der Waals surface area contributed by atoms with E-state index in [9.17, 15) is 9.18 Å². The molecule has 1 aliphatic heterocycles. The first-order chi connectivity index (χ1) is 13.1. The monoisotopic (exact) mass is 387 g/mol. The van der Waals surface area contributed by atoms with Crippen LogP contribution in [0.25, 0.3) is 6.08 Å². The van der Waals surface area contributed by atoms with Gasteiger partial charge in [0, 0.05) is 38.1 Å². The van der Waals surface area contributed by atoms with Crippen molar-refractivity contribution in [2.75, 3.05) is 24.5 Å². The molecule has 8 heteroatoms. The Hall–Kier alpha value is -2.54. The summed E-state index contributed by atoms with van der Waals surface area (Å²) in [6, 6.07) is 3.73. The molecule has 2 aromatic rings. The molecule has 2 fully saturated rings. The third kappa shape index (κ3) is 4.08. The van der Waals surface area contributed by atoms with Crippen molar-refractivity contribution in [2.45, 2.75) is 6.42 Å². The molecular formula is C19H19ClFN5O. The number of carbonyl (C=O) groups is 1. The summed E-state index contributed by atoms with van der Waals surface area (Å²) in [4.78, 5) is 25.9. The summed E-state index contributed by atoms with van der Waals surface area (Å²) >= 11 is 5.73. The number of pyridine rings is 1. The molecule has 0 bridgehead atoms. The van der Waals surface area contributed by atoms with E-state index in [1.807, 2.05) is 17.0 Å². The zero-order valence-electron chi connectivity index (χ0n) is 14.6. The van der Waals surface area contributed by atoms with Crippen LogP contribution in [0.15, 0.2) is 36.8 Å². The van der Waals surface area contributed by atoms with Crippen molar-refractivity contribution in [2.24, 2.45) is 17.8 Å². The highest BCUT2D eigenvalue weighted by Gasteiger charge is 2.55. The Kier molecular flexibility index (Phi) is 5.03. The number of nitrogens with zero attached hydrogens (tertiary/aromatic N) is 4. The van der Waals surface area contributed by atoms with E-state index in [2.05, 4.69) is 20.3 Å². The van der Waals surface area contributed by atoms with Crippen LogP contribution in [0.5, 0.6) is 0 Å². The molecule has 3 heterocycles. The Morgan fingerprint density at radius 2 is 2.19 bits per heavy atom. The molecule has 1 saturated heterocycles. The number of anilines is 1. The number of fused-ring (bicyclic) bond motifs is 1. The molecule has 2 unspecified atom stereocenters. The van der Waals surface area contributed by atoms with Crippen molar-refractivity contribution in [3.63, 3.8) is 0 Å². The van der Waals surface area contributed by atoms with Crippen LogP contribution in [0.1, 0.15) is 12.0 Å². The average molecular weight is 388 g/mol. The number of nitrogens with one attached hydrogen (secondary N) is 1. The number of halogens is 2. The Morgan fingerprint density at radius 3 is 2.89 bits per heavy atom. The lowest BCUT2D eigenvalue weighted by Gasteiger charge is -2.19. The maximum Gasteiger partial charge on any atom is 0.244 e. The van der Waals surface area contributed by atoms with Gasteiger partial charge in [0.15, 0.2) is 11.0 Å². The van der Waals surface area contributed by atoms with Crippen LogP contribution in [0.4, 0.5) is 10.3 Å². The van der Waals surface area contributed by atoms with Gasteiger partial charge < -0.3 is 10.2 Å². The van der Waals surface area contributed by atoms with Gasteiger partial charge in [0.05, 0.1) is 6.20 Å². The van der Waals surface area contributed by atoms with Crippen molar-refractivity contribution in [3.8, 4) is 0 Å². The maximum atomic E-state index is 13.2. The van der Waals surface area contributed by atoms with Gasteiger partial charge in [-0.05, 0) is 41.9 Å². The number of rotatable bonds is 6. The smallest absolute Gasteiger partial charge is 0.244 e. The number of carbonyl (C=O) groups excluding carboxylic acids is 1. The first kappa shape index (κ1) is 17.9. The molecular weight excluding hydrogens is 369 g/mol. The minimum absolute atomic E-state index is 0.0966. The van der Waals surface area contributed by atoms with E-state index in [-0.39, 0.29) is 11.1 Å². The Balaban J connectivity index is 1.19. The minimum Gasteiger partial charge on any atom is -0.353 e. The summed E-state index contributed by atoms with van der Waals surface area (Å²) < 4.78 is 13.2. The van der Waals surface area contributed by atoms with Gasteiger partial charge in [-0.15, -0.1) is 0 Å². The average Bonchev–Trinajstić information content (AvgIpc) is 3.12. The van der Waals surface area contributed by atoms with E-state index in [0.29, 0.717) is 30.2 Å². The lowest BCUT2D eigenvalue weighted by molar-refractivity contribution is -0.116. The van der Waals surface area contributed by atoms with Gasteiger partial charge in [-0.25, -0.2) is 9.37 Å². The van der Waals surface area contributed by atoms with Crippen LogP contribution in [0.2, 0.25) is 5.15 Å². The number of hydrogen-bond acceptors (Lipinski definition) is 5. The first-order valence-electron chi connectivity index (χ1n) is 8.91. The summed E-state index contributed by atoms with van der Waals surface area (Å²) in [6.45, 7) is 2.37. The highest BCUT2D eigenvalue weighted by Crippen LogP contribution is 2.53. The second kappa shape index (κ2) is 7.60. The quantitative estimate of drug-likeness (QED) is 0.609. The molecule has 2 aromatic heterocycles. The normalized spacial score (nSPS) is 23.5. The molecule has 6 nitrogen and oxygen atoms in total. The molecule has 1 saturated carbocycles. The topological polar surface area (TPSA) is 71.0 Å². The van der Waals surface area contributed by atoms with Gasteiger partial charge in [-0.3, -0.25) is 9.78 Å². The van der Waals surface area contributed by atoms with Crippen LogP contribution in [0.3, 0.4) is 0 Å². The predicted octanol–water partition coefficient (Wildman–Crippen LogP) is 2.57. The molecule has 2 atom stereocenters. The standard InChI is InChI=1S/C19H19ClFN5O/c20-18-16(21)9-24-19(25-18)26-10-14-13(15(14)11-26)5-7-23-17(27)4-3-12-2-1-6-22-8-12/h1-4,6,8-9,13-15H,5,7,10-11H2,(H,23,27)/b4-3+. The summed E-state index contributed by atoms with van der Waals surface area (Å²) in [6.07, 6.45) is 8.75. The summed E-state index contributed by atoms with van der Waals surface area (Å²) in [5.41, 5.74) is 0.896. The van der Waals surface area contributed by atoms with E-state index >= 15 is 0 Å². The lowest BCUT2D eigenvalue weighted by Crippen LogP contribution is -2.27. The zero-order valence-corrected chi connectivity index (χ0v) is 15.3. The third-order valence-corrected chi connectivity index (χ3v) is 5.50. The van der Waals surface area contributed by atoms with Crippen molar-refractivity contribution < 1.29 is 9.18 Å². The van der Waals surface area contributed by atoms with E-state index in [4.69, 9.17) is 11.6 Å². The number of aromatic nitrogens is 3. The first-order valence-corrected chi connectivity index (χ1v) is 9.28. The van der Waals surface area contributed by atoms with Crippen molar-refractivity contribution >= 4 is 29.5 Å². The fraction of sp³-hybridized carbons (Fsp3) is 0.368. The van der Waals surface area contributed by atoms with Crippen molar-refractivity contribution in [3.05, 3.63) is 53.3 Å².